The summed E-state index contributed by atoms with van der Waals surface area (Å²) in [4.78, 5) is 15.9. The van der Waals surface area contributed by atoms with E-state index in [2.05, 4.69) is 10.3 Å². The van der Waals surface area contributed by atoms with Crippen LogP contribution < -0.4 is 5.32 Å². The molecule has 0 aliphatic rings. The van der Waals surface area contributed by atoms with E-state index in [-0.39, 0.29) is 5.91 Å². The van der Waals surface area contributed by atoms with Crippen molar-refractivity contribution in [2.75, 3.05) is 12.4 Å². The minimum absolute atomic E-state index is 0.189. The molecule has 1 heterocycles. The van der Waals surface area contributed by atoms with E-state index < -0.39 is 0 Å². The van der Waals surface area contributed by atoms with Gasteiger partial charge < -0.3 is 5.32 Å². The Bertz CT molecular complexity index is 513. The zero-order valence-electron chi connectivity index (χ0n) is 8.61. The number of benzene rings is 1. The fourth-order valence-corrected chi connectivity index (χ4v) is 1.54. The Morgan fingerprint density at radius 3 is 2.88 bits per heavy atom. The molecule has 1 amide bonds. The number of carbonyl (C=O) groups is 1. The Morgan fingerprint density at radius 2 is 2.06 bits per heavy atom. The van der Waals surface area contributed by atoms with E-state index in [0.29, 0.717) is 18.1 Å². The first kappa shape index (κ1) is 10.9. The number of hydrogen-bond donors (Lipinski definition) is 1. The second-order valence-electron chi connectivity index (χ2n) is 3.33. The van der Waals surface area contributed by atoms with Crippen molar-refractivity contribution in [2.45, 2.75) is 0 Å². The largest absolute Gasteiger partial charge is 0.350 e. The molecule has 2 aromatic rings. The number of aromatic nitrogens is 1. The molecule has 2 rings (SSSR count). The molecule has 0 saturated carbocycles. The van der Waals surface area contributed by atoms with Gasteiger partial charge in [0.2, 0.25) is 0 Å². The topological polar surface area (TPSA) is 42.0 Å². The summed E-state index contributed by atoms with van der Waals surface area (Å²) in [6, 6.07) is 11.3. The monoisotopic (exact) mass is 234 g/mol. The molecule has 0 aliphatic carbocycles. The summed E-state index contributed by atoms with van der Waals surface area (Å²) in [7, 11) is 0. The van der Waals surface area contributed by atoms with E-state index in [1.165, 1.54) is 0 Å². The molecular weight excluding hydrogens is 224 g/mol. The Hall–Kier alpha value is -1.61. The van der Waals surface area contributed by atoms with Crippen molar-refractivity contribution in [3.8, 4) is 0 Å². The van der Waals surface area contributed by atoms with Crippen LogP contribution in [0.3, 0.4) is 0 Å². The number of pyridine rings is 1. The number of alkyl halides is 1. The van der Waals surface area contributed by atoms with Gasteiger partial charge in [-0.05, 0) is 12.1 Å². The maximum absolute atomic E-state index is 11.6. The summed E-state index contributed by atoms with van der Waals surface area (Å²) in [6.45, 7) is 0.453. The molecular formula is C12H11ClN2O. The molecule has 0 aliphatic heterocycles. The zero-order chi connectivity index (χ0) is 11.4. The lowest BCUT2D eigenvalue weighted by Crippen LogP contribution is -2.26. The van der Waals surface area contributed by atoms with Gasteiger partial charge in [0.25, 0.3) is 5.91 Å². The van der Waals surface area contributed by atoms with Crippen LogP contribution in [0.4, 0.5) is 0 Å². The van der Waals surface area contributed by atoms with Gasteiger partial charge in [-0.15, -0.1) is 11.6 Å². The zero-order valence-corrected chi connectivity index (χ0v) is 9.37. The van der Waals surface area contributed by atoms with Crippen LogP contribution >= 0.6 is 11.6 Å². The fraction of sp³-hybridized carbons (Fsp3) is 0.167. The summed E-state index contributed by atoms with van der Waals surface area (Å²) in [5, 5.41) is 3.70. The van der Waals surface area contributed by atoms with E-state index in [1.54, 1.807) is 6.07 Å². The quantitative estimate of drug-likeness (QED) is 0.828. The summed E-state index contributed by atoms with van der Waals surface area (Å²) in [5.74, 6) is 0.214. The molecule has 1 aromatic heterocycles. The van der Waals surface area contributed by atoms with E-state index in [1.807, 2.05) is 30.3 Å². The van der Waals surface area contributed by atoms with Crippen LogP contribution in [0.2, 0.25) is 0 Å². The lowest BCUT2D eigenvalue weighted by molar-refractivity contribution is 0.0951. The lowest BCUT2D eigenvalue weighted by Gasteiger charge is -2.03. The first-order chi connectivity index (χ1) is 7.81. The molecule has 3 nitrogen and oxygen atoms in total. The Kier molecular flexibility index (Phi) is 3.37. The molecule has 0 unspecified atom stereocenters. The van der Waals surface area contributed by atoms with Gasteiger partial charge >= 0.3 is 0 Å². The first-order valence-electron chi connectivity index (χ1n) is 5.01. The number of nitrogens with zero attached hydrogens (tertiary/aromatic N) is 1. The van der Waals surface area contributed by atoms with Crippen molar-refractivity contribution in [1.29, 1.82) is 0 Å². The number of rotatable bonds is 3. The van der Waals surface area contributed by atoms with Gasteiger partial charge in [-0.25, -0.2) is 4.98 Å². The summed E-state index contributed by atoms with van der Waals surface area (Å²) >= 11 is 5.49. The summed E-state index contributed by atoms with van der Waals surface area (Å²) in [6.07, 6.45) is 0. The third-order valence-electron chi connectivity index (χ3n) is 2.21. The standard InChI is InChI=1S/C12H11ClN2O/c13-7-8-14-12(16)11-6-5-9-3-1-2-4-10(9)15-11/h1-6H,7-8H2,(H,14,16). The Balaban J connectivity index is 2.28. The molecule has 0 bridgehead atoms. The lowest BCUT2D eigenvalue weighted by atomic mass is 10.2. The Labute approximate surface area is 98.4 Å². The molecule has 1 aromatic carbocycles. The van der Waals surface area contributed by atoms with E-state index >= 15 is 0 Å². The number of nitrogens with one attached hydrogen (secondary N) is 1. The molecule has 0 atom stereocenters. The minimum Gasteiger partial charge on any atom is -0.350 e. The highest BCUT2D eigenvalue weighted by Gasteiger charge is 2.06. The number of para-hydroxylation sites is 1. The molecule has 0 radical (unpaired) electrons. The first-order valence-corrected chi connectivity index (χ1v) is 5.54. The van der Waals surface area contributed by atoms with E-state index in [9.17, 15) is 4.79 Å². The molecule has 82 valence electrons. The third-order valence-corrected chi connectivity index (χ3v) is 2.40. The van der Waals surface area contributed by atoms with Gasteiger partial charge in [-0.3, -0.25) is 4.79 Å². The van der Waals surface area contributed by atoms with Crippen LogP contribution in [0.5, 0.6) is 0 Å². The maximum Gasteiger partial charge on any atom is 0.269 e. The van der Waals surface area contributed by atoms with Crippen molar-refractivity contribution in [3.05, 3.63) is 42.1 Å². The number of halogens is 1. The Morgan fingerprint density at radius 1 is 1.25 bits per heavy atom. The number of hydrogen-bond acceptors (Lipinski definition) is 2. The SMILES string of the molecule is O=C(NCCCl)c1ccc2ccccc2n1. The van der Waals surface area contributed by atoms with Crippen molar-refractivity contribution >= 4 is 28.4 Å². The number of carbonyl (C=O) groups excluding carboxylic acids is 1. The smallest absolute Gasteiger partial charge is 0.269 e. The van der Waals surface area contributed by atoms with Gasteiger partial charge in [0.05, 0.1) is 5.52 Å². The summed E-state index contributed by atoms with van der Waals surface area (Å²) < 4.78 is 0. The average molecular weight is 235 g/mol. The van der Waals surface area contributed by atoms with Gasteiger partial charge in [0.1, 0.15) is 5.69 Å². The van der Waals surface area contributed by atoms with Crippen LogP contribution in [0.1, 0.15) is 10.5 Å². The van der Waals surface area contributed by atoms with Crippen molar-refractivity contribution in [2.24, 2.45) is 0 Å². The third kappa shape index (κ3) is 2.31. The van der Waals surface area contributed by atoms with Gasteiger partial charge in [0.15, 0.2) is 0 Å². The second-order valence-corrected chi connectivity index (χ2v) is 3.71. The van der Waals surface area contributed by atoms with Crippen molar-refractivity contribution in [1.82, 2.24) is 10.3 Å². The van der Waals surface area contributed by atoms with Gasteiger partial charge in [0, 0.05) is 17.8 Å². The van der Waals surface area contributed by atoms with Crippen LogP contribution in [-0.4, -0.2) is 23.3 Å². The summed E-state index contributed by atoms with van der Waals surface area (Å²) in [5.41, 5.74) is 1.24. The second kappa shape index (κ2) is 4.94. The predicted octanol–water partition coefficient (Wildman–Crippen LogP) is 2.20. The van der Waals surface area contributed by atoms with Crippen LogP contribution in [0.25, 0.3) is 10.9 Å². The maximum atomic E-state index is 11.6. The highest BCUT2D eigenvalue weighted by atomic mass is 35.5. The van der Waals surface area contributed by atoms with Crippen molar-refractivity contribution < 1.29 is 4.79 Å². The van der Waals surface area contributed by atoms with Crippen molar-refractivity contribution in [3.63, 3.8) is 0 Å². The van der Waals surface area contributed by atoms with E-state index in [0.717, 1.165) is 10.9 Å². The molecule has 4 heteroatoms. The highest BCUT2D eigenvalue weighted by Crippen LogP contribution is 2.11. The number of amides is 1. The highest BCUT2D eigenvalue weighted by molar-refractivity contribution is 6.18. The normalized spacial score (nSPS) is 10.3. The fourth-order valence-electron chi connectivity index (χ4n) is 1.44. The van der Waals surface area contributed by atoms with Crippen LogP contribution in [0, 0.1) is 0 Å². The molecule has 0 saturated heterocycles. The molecule has 0 fully saturated rings. The van der Waals surface area contributed by atoms with Crippen LogP contribution in [0.15, 0.2) is 36.4 Å². The molecule has 0 spiro atoms. The molecule has 1 N–H and O–H groups in total. The average Bonchev–Trinajstić information content (AvgIpc) is 2.35. The van der Waals surface area contributed by atoms with E-state index in [4.69, 9.17) is 11.6 Å². The van der Waals surface area contributed by atoms with Gasteiger partial charge in [-0.1, -0.05) is 24.3 Å². The number of fused-ring (bicyclic) bond motifs is 1. The minimum atomic E-state index is -0.189. The predicted molar refractivity (Wildman–Crippen MR) is 64.8 cm³/mol. The van der Waals surface area contributed by atoms with Gasteiger partial charge in [-0.2, -0.15) is 0 Å². The van der Waals surface area contributed by atoms with Crippen LogP contribution in [-0.2, 0) is 0 Å². The molecule has 16 heavy (non-hydrogen) atoms.